The summed E-state index contributed by atoms with van der Waals surface area (Å²) in [4.78, 5) is 26.7. The Morgan fingerprint density at radius 1 is 1.33 bits per heavy atom. The molecule has 0 saturated carbocycles. The van der Waals surface area contributed by atoms with E-state index in [9.17, 15) is 14.7 Å². The number of allylic oxidation sites excluding steroid dienone is 1. The van der Waals surface area contributed by atoms with Crippen LogP contribution < -0.4 is 0 Å². The molecule has 2 amide bonds. The molecular weight excluding hydrogens is 268 g/mol. The lowest BCUT2D eigenvalue weighted by molar-refractivity contribution is -0.134. The maximum atomic E-state index is 12.0. The summed E-state index contributed by atoms with van der Waals surface area (Å²) in [6.07, 6.45) is 4.40. The summed E-state index contributed by atoms with van der Waals surface area (Å²) in [5, 5.41) is 9.48. The molecule has 0 aromatic rings. The summed E-state index contributed by atoms with van der Waals surface area (Å²) < 4.78 is 0. The fourth-order valence-corrected chi connectivity index (χ4v) is 3.31. The van der Waals surface area contributed by atoms with Gasteiger partial charge in [0.15, 0.2) is 0 Å². The summed E-state index contributed by atoms with van der Waals surface area (Å²) in [5.41, 5.74) is 1.94. The van der Waals surface area contributed by atoms with Gasteiger partial charge in [0.05, 0.1) is 6.04 Å². The van der Waals surface area contributed by atoms with Gasteiger partial charge < -0.3 is 14.9 Å². The van der Waals surface area contributed by atoms with Gasteiger partial charge in [0.25, 0.3) is 0 Å². The van der Waals surface area contributed by atoms with Crippen molar-refractivity contribution in [3.05, 3.63) is 36.5 Å². The minimum atomic E-state index is -0.936. The molecule has 114 valence electrons. The van der Waals surface area contributed by atoms with Crippen molar-refractivity contribution in [3.63, 3.8) is 0 Å². The third-order valence-electron chi connectivity index (χ3n) is 4.50. The zero-order valence-electron chi connectivity index (χ0n) is 12.4. The van der Waals surface area contributed by atoms with Crippen molar-refractivity contribution in [3.8, 4) is 0 Å². The molecule has 5 nitrogen and oxygen atoms in total. The molecule has 2 heterocycles. The molecule has 2 aliphatic heterocycles. The Morgan fingerprint density at radius 3 is 2.57 bits per heavy atom. The van der Waals surface area contributed by atoms with E-state index in [1.54, 1.807) is 24.1 Å². The molecule has 21 heavy (non-hydrogen) atoms. The molecule has 0 aliphatic carbocycles. The van der Waals surface area contributed by atoms with Crippen LogP contribution in [-0.2, 0) is 4.79 Å². The Bertz CT molecular complexity index is 510. The van der Waals surface area contributed by atoms with Crippen molar-refractivity contribution >= 4 is 12.0 Å². The maximum Gasteiger partial charge on any atom is 0.407 e. The molecular formula is C16H22N2O3. The summed E-state index contributed by atoms with van der Waals surface area (Å²) in [5.74, 6) is 0.0822. The summed E-state index contributed by atoms with van der Waals surface area (Å²) in [6.45, 7) is 8.76. The van der Waals surface area contributed by atoms with Gasteiger partial charge >= 0.3 is 6.09 Å². The largest absolute Gasteiger partial charge is 0.465 e. The number of hydrogen-bond acceptors (Lipinski definition) is 2. The van der Waals surface area contributed by atoms with Gasteiger partial charge in [0.2, 0.25) is 5.91 Å². The average molecular weight is 290 g/mol. The van der Waals surface area contributed by atoms with E-state index in [0.29, 0.717) is 25.9 Å². The molecule has 5 heteroatoms. The lowest BCUT2D eigenvalue weighted by Crippen LogP contribution is -2.51. The van der Waals surface area contributed by atoms with Gasteiger partial charge in [-0.1, -0.05) is 25.3 Å². The second kappa shape index (κ2) is 6.16. The van der Waals surface area contributed by atoms with Crippen molar-refractivity contribution < 1.29 is 14.7 Å². The number of amides is 2. The molecule has 0 aromatic heterocycles. The molecule has 0 aromatic carbocycles. The highest BCUT2D eigenvalue weighted by Crippen LogP contribution is 2.35. The highest BCUT2D eigenvalue weighted by Gasteiger charge is 2.39. The zero-order chi connectivity index (χ0) is 15.6. The van der Waals surface area contributed by atoms with Crippen LogP contribution in [-0.4, -0.2) is 53.1 Å². The smallest absolute Gasteiger partial charge is 0.407 e. The Kier molecular flexibility index (Phi) is 4.50. The predicted octanol–water partition coefficient (Wildman–Crippen LogP) is 2.28. The van der Waals surface area contributed by atoms with Crippen LogP contribution in [0.1, 0.15) is 19.3 Å². The monoisotopic (exact) mass is 290 g/mol. The second-order valence-corrected chi connectivity index (χ2v) is 5.63. The lowest BCUT2D eigenvalue weighted by Gasteiger charge is -2.42. The topological polar surface area (TPSA) is 60.9 Å². The molecule has 0 radical (unpaired) electrons. The normalized spacial score (nSPS) is 26.8. The first-order chi connectivity index (χ1) is 9.99. The molecule has 2 aliphatic rings. The number of piperidine rings is 1. The minimum Gasteiger partial charge on any atom is -0.465 e. The number of carboxylic acid groups (broad SMARTS) is 1. The van der Waals surface area contributed by atoms with E-state index in [1.165, 1.54) is 4.90 Å². The van der Waals surface area contributed by atoms with Gasteiger partial charge in [-0.15, -0.1) is 0 Å². The van der Waals surface area contributed by atoms with E-state index in [-0.39, 0.29) is 17.9 Å². The SMILES string of the molecule is C=CC1=C(C=C)C(C2CCN(C)C(=O)C2)N(C(=O)O)CC1. The Morgan fingerprint density at radius 2 is 2.05 bits per heavy atom. The van der Waals surface area contributed by atoms with E-state index < -0.39 is 6.09 Å². The summed E-state index contributed by atoms with van der Waals surface area (Å²) in [6, 6.07) is -0.292. The van der Waals surface area contributed by atoms with Crippen LogP contribution in [0.2, 0.25) is 0 Å². The Balaban J connectivity index is 2.37. The van der Waals surface area contributed by atoms with Gasteiger partial charge in [0.1, 0.15) is 0 Å². The van der Waals surface area contributed by atoms with Gasteiger partial charge in [-0.25, -0.2) is 4.79 Å². The van der Waals surface area contributed by atoms with Crippen molar-refractivity contribution in [1.82, 2.24) is 9.80 Å². The van der Waals surface area contributed by atoms with Crippen LogP contribution in [0.25, 0.3) is 0 Å². The number of hydrogen-bond donors (Lipinski definition) is 1. The summed E-state index contributed by atoms with van der Waals surface area (Å²) in [7, 11) is 1.79. The minimum absolute atomic E-state index is 0.00745. The number of carbonyl (C=O) groups is 2. The quantitative estimate of drug-likeness (QED) is 0.867. The maximum absolute atomic E-state index is 12.0. The zero-order valence-corrected chi connectivity index (χ0v) is 12.4. The van der Waals surface area contributed by atoms with E-state index in [2.05, 4.69) is 13.2 Å². The van der Waals surface area contributed by atoms with Gasteiger partial charge in [-0.3, -0.25) is 4.79 Å². The van der Waals surface area contributed by atoms with Crippen LogP contribution >= 0.6 is 0 Å². The van der Waals surface area contributed by atoms with Crippen LogP contribution in [0.5, 0.6) is 0 Å². The number of likely N-dealkylation sites (tertiary alicyclic amines) is 1. The summed E-state index contributed by atoms with van der Waals surface area (Å²) >= 11 is 0. The third kappa shape index (κ3) is 2.86. The molecule has 2 unspecified atom stereocenters. The first-order valence-corrected chi connectivity index (χ1v) is 7.21. The predicted molar refractivity (Wildman–Crippen MR) is 80.9 cm³/mol. The van der Waals surface area contributed by atoms with E-state index in [0.717, 1.165) is 17.6 Å². The highest BCUT2D eigenvalue weighted by atomic mass is 16.4. The van der Waals surface area contributed by atoms with Crippen molar-refractivity contribution in [2.45, 2.75) is 25.3 Å². The lowest BCUT2D eigenvalue weighted by atomic mass is 9.79. The van der Waals surface area contributed by atoms with Gasteiger partial charge in [-0.2, -0.15) is 0 Å². The van der Waals surface area contributed by atoms with E-state index >= 15 is 0 Å². The fourth-order valence-electron chi connectivity index (χ4n) is 3.31. The van der Waals surface area contributed by atoms with Crippen LogP contribution in [0.4, 0.5) is 4.79 Å². The van der Waals surface area contributed by atoms with Crippen LogP contribution in [0.15, 0.2) is 36.5 Å². The molecule has 1 fully saturated rings. The Hall–Kier alpha value is -2.04. The average Bonchev–Trinajstić information content (AvgIpc) is 2.48. The number of carbonyl (C=O) groups excluding carboxylic acids is 1. The molecule has 1 N–H and O–H groups in total. The standard InChI is InChI=1S/C16H22N2O3/c1-4-11-7-9-18(16(20)21)15(13(11)5-2)12-6-8-17(3)14(19)10-12/h4-5,12,15H,1-2,6-10H2,3H3,(H,20,21). The van der Waals surface area contributed by atoms with Crippen molar-refractivity contribution in [1.29, 1.82) is 0 Å². The van der Waals surface area contributed by atoms with Gasteiger partial charge in [0, 0.05) is 26.6 Å². The van der Waals surface area contributed by atoms with E-state index in [4.69, 9.17) is 0 Å². The molecule has 2 rings (SSSR count). The second-order valence-electron chi connectivity index (χ2n) is 5.63. The molecule has 1 saturated heterocycles. The van der Waals surface area contributed by atoms with Crippen LogP contribution in [0, 0.1) is 5.92 Å². The number of rotatable bonds is 3. The highest BCUT2D eigenvalue weighted by molar-refractivity contribution is 5.77. The molecule has 2 atom stereocenters. The third-order valence-corrected chi connectivity index (χ3v) is 4.50. The van der Waals surface area contributed by atoms with Crippen molar-refractivity contribution in [2.24, 2.45) is 5.92 Å². The van der Waals surface area contributed by atoms with Crippen molar-refractivity contribution in [2.75, 3.05) is 20.1 Å². The van der Waals surface area contributed by atoms with Crippen LogP contribution in [0.3, 0.4) is 0 Å². The van der Waals surface area contributed by atoms with E-state index in [1.807, 2.05) is 0 Å². The molecule has 0 spiro atoms. The Labute approximate surface area is 125 Å². The first kappa shape index (κ1) is 15.4. The first-order valence-electron chi connectivity index (χ1n) is 7.21. The van der Waals surface area contributed by atoms with Gasteiger partial charge in [-0.05, 0) is 29.9 Å². The molecule has 0 bridgehead atoms. The fraction of sp³-hybridized carbons (Fsp3) is 0.500. The number of nitrogens with zero attached hydrogens (tertiary/aromatic N) is 2.